The second kappa shape index (κ2) is 49.2. The van der Waals surface area contributed by atoms with Crippen molar-refractivity contribution in [2.24, 2.45) is 0 Å². The molecule has 0 aromatic rings. The quantitative estimate of drug-likeness (QED) is 0.0214. The maximum absolute atomic E-state index is 12.8. The first-order valence-corrected chi connectivity index (χ1v) is 29.2. The van der Waals surface area contributed by atoms with Crippen molar-refractivity contribution in [2.75, 3.05) is 54.1 Å². The Morgan fingerprint density at radius 3 is 1.26 bits per heavy atom. The van der Waals surface area contributed by atoms with E-state index in [1.807, 2.05) is 21.1 Å². The molecule has 0 aromatic heterocycles. The van der Waals surface area contributed by atoms with Crippen LogP contribution in [0.15, 0.2) is 36.5 Å². The Hall–Kier alpha value is -1.28. The smallest absolute Gasteiger partial charge is 0.457 e. The Kier molecular flexibility index (Phi) is 48.2. The average molecular weight is 939 g/mol. The maximum Gasteiger partial charge on any atom is 0.472 e. The van der Waals surface area contributed by atoms with Gasteiger partial charge in [0.25, 0.3) is 0 Å². The number of rotatable bonds is 52. The van der Waals surface area contributed by atoms with Crippen molar-refractivity contribution in [1.29, 1.82) is 0 Å². The van der Waals surface area contributed by atoms with Gasteiger partial charge in [0.2, 0.25) is 0 Å². The first-order chi connectivity index (χ1) is 31.6. The van der Waals surface area contributed by atoms with Gasteiger partial charge in [-0.25, -0.2) is 4.57 Å². The van der Waals surface area contributed by atoms with Crippen LogP contribution in [0, 0.1) is 0 Å². The second-order valence-corrected chi connectivity index (χ2v) is 21.4. The summed E-state index contributed by atoms with van der Waals surface area (Å²) in [6.07, 6.45) is 60.5. The molecule has 1 N–H and O–H groups in total. The molecule has 0 aromatic carbocycles. The van der Waals surface area contributed by atoms with E-state index in [4.69, 9.17) is 18.5 Å². The van der Waals surface area contributed by atoms with Crippen LogP contribution < -0.4 is 0 Å². The van der Waals surface area contributed by atoms with Crippen molar-refractivity contribution >= 4 is 13.8 Å². The van der Waals surface area contributed by atoms with Gasteiger partial charge in [-0.3, -0.25) is 13.8 Å². The minimum Gasteiger partial charge on any atom is -0.457 e. The summed E-state index contributed by atoms with van der Waals surface area (Å²) in [5.74, 6) is -0.313. The summed E-state index contributed by atoms with van der Waals surface area (Å²) in [7, 11) is 1.67. The minimum atomic E-state index is -4.28. The van der Waals surface area contributed by atoms with Gasteiger partial charge in [0.15, 0.2) is 0 Å². The lowest BCUT2D eigenvalue weighted by atomic mass is 10.0. The number of hydrogen-bond acceptors (Lipinski definition) is 6. The highest BCUT2D eigenvalue weighted by Crippen LogP contribution is 2.43. The van der Waals surface area contributed by atoms with Gasteiger partial charge in [-0.1, -0.05) is 217 Å². The van der Waals surface area contributed by atoms with Gasteiger partial charge in [-0.15, -0.1) is 0 Å². The van der Waals surface area contributed by atoms with Crippen molar-refractivity contribution in [3.05, 3.63) is 36.5 Å². The van der Waals surface area contributed by atoms with Crippen LogP contribution in [0.2, 0.25) is 0 Å². The molecule has 2 unspecified atom stereocenters. The van der Waals surface area contributed by atoms with Crippen LogP contribution in [-0.4, -0.2) is 75.6 Å². The molecule has 0 spiro atoms. The lowest BCUT2D eigenvalue weighted by Gasteiger charge is -2.24. The normalized spacial score (nSPS) is 13.8. The molecule has 8 nitrogen and oxygen atoms in total. The number of unbranched alkanes of at least 4 members (excludes halogenated alkanes) is 32. The maximum atomic E-state index is 12.8. The van der Waals surface area contributed by atoms with Gasteiger partial charge in [-0.05, 0) is 70.6 Å². The summed E-state index contributed by atoms with van der Waals surface area (Å²) in [6.45, 7) is 5.65. The van der Waals surface area contributed by atoms with Gasteiger partial charge in [-0.2, -0.15) is 0 Å². The van der Waals surface area contributed by atoms with Gasteiger partial charge in [0.1, 0.15) is 19.3 Å². The number of carbonyl (C=O) groups is 1. The van der Waals surface area contributed by atoms with Crippen LogP contribution in [-0.2, 0) is 27.9 Å². The molecule has 384 valence electrons. The van der Waals surface area contributed by atoms with Crippen molar-refractivity contribution in [3.8, 4) is 0 Å². The van der Waals surface area contributed by atoms with Crippen molar-refractivity contribution in [3.63, 3.8) is 0 Å². The van der Waals surface area contributed by atoms with Crippen LogP contribution in [0.4, 0.5) is 0 Å². The van der Waals surface area contributed by atoms with E-state index in [2.05, 4.69) is 50.3 Å². The fourth-order valence-electron chi connectivity index (χ4n) is 7.87. The summed E-state index contributed by atoms with van der Waals surface area (Å²) in [5, 5.41) is 0. The molecule has 2 atom stereocenters. The van der Waals surface area contributed by atoms with Crippen LogP contribution in [0.3, 0.4) is 0 Å². The van der Waals surface area contributed by atoms with Gasteiger partial charge in [0, 0.05) is 13.0 Å². The van der Waals surface area contributed by atoms with E-state index < -0.39 is 13.9 Å². The summed E-state index contributed by atoms with van der Waals surface area (Å²) < 4.78 is 35.2. The lowest BCUT2D eigenvalue weighted by Crippen LogP contribution is -2.37. The zero-order chi connectivity index (χ0) is 47.6. The molecule has 65 heavy (non-hydrogen) atoms. The van der Waals surface area contributed by atoms with Crippen LogP contribution >= 0.6 is 7.82 Å². The molecule has 0 radical (unpaired) electrons. The summed E-state index contributed by atoms with van der Waals surface area (Å²) in [5.41, 5.74) is 0. The highest BCUT2D eigenvalue weighted by Gasteiger charge is 2.26. The fourth-order valence-corrected chi connectivity index (χ4v) is 8.62. The molecular formula is C56H109NO7P+. The molecule has 0 amide bonds. The molecule has 0 rings (SSSR count). The molecule has 0 bridgehead atoms. The topological polar surface area (TPSA) is 91.3 Å². The van der Waals surface area contributed by atoms with E-state index in [-0.39, 0.29) is 25.8 Å². The number of likely N-dealkylation sites (N-methyl/N-ethyl adjacent to an activating group) is 1. The van der Waals surface area contributed by atoms with Crippen molar-refractivity contribution in [2.45, 2.75) is 264 Å². The zero-order valence-corrected chi connectivity index (χ0v) is 44.6. The van der Waals surface area contributed by atoms with Crippen LogP contribution in [0.1, 0.15) is 258 Å². The molecule has 0 heterocycles. The minimum absolute atomic E-state index is 0.0888. The summed E-state index contributed by atoms with van der Waals surface area (Å²) >= 11 is 0. The Labute approximate surface area is 404 Å². The number of allylic oxidation sites excluding steroid dienone is 6. The van der Waals surface area contributed by atoms with Crippen LogP contribution in [0.25, 0.3) is 0 Å². The van der Waals surface area contributed by atoms with Gasteiger partial charge < -0.3 is 18.9 Å². The molecule has 0 aliphatic carbocycles. The van der Waals surface area contributed by atoms with E-state index in [9.17, 15) is 14.3 Å². The third-order valence-electron chi connectivity index (χ3n) is 12.2. The number of ether oxygens (including phenoxy) is 2. The number of carbonyl (C=O) groups excluding carboxylic acids is 1. The third-order valence-corrected chi connectivity index (χ3v) is 13.2. The first kappa shape index (κ1) is 63.7. The zero-order valence-electron chi connectivity index (χ0n) is 43.7. The van der Waals surface area contributed by atoms with Crippen molar-refractivity contribution < 1.29 is 37.3 Å². The Morgan fingerprint density at radius 1 is 0.477 bits per heavy atom. The molecule has 0 saturated carbocycles. The third kappa shape index (κ3) is 53.5. The van der Waals surface area contributed by atoms with E-state index in [0.717, 1.165) is 38.5 Å². The molecule has 0 saturated heterocycles. The van der Waals surface area contributed by atoms with Crippen LogP contribution in [0.5, 0.6) is 0 Å². The number of nitrogens with zero attached hydrogens (tertiary/aromatic N) is 1. The molecule has 0 aliphatic heterocycles. The van der Waals surface area contributed by atoms with Crippen molar-refractivity contribution in [1.82, 2.24) is 0 Å². The molecular weight excluding hydrogens is 830 g/mol. The Balaban J connectivity index is 4.08. The number of hydrogen-bond donors (Lipinski definition) is 1. The molecule has 0 aliphatic rings. The first-order valence-electron chi connectivity index (χ1n) is 27.7. The average Bonchev–Trinajstić information content (AvgIpc) is 3.27. The lowest BCUT2D eigenvalue weighted by molar-refractivity contribution is -0.870. The summed E-state index contributed by atoms with van der Waals surface area (Å²) in [4.78, 5) is 23.0. The van der Waals surface area contributed by atoms with Gasteiger partial charge in [0.05, 0.1) is 34.4 Å². The van der Waals surface area contributed by atoms with E-state index in [1.54, 1.807) is 0 Å². The SMILES string of the molecule is CCCCCCC/C=C\C/C=C\CCCCCCCCCCCCCCOCC(COP(=O)(O)OCC[N+](C)(C)C)OC(=O)CCCCCCCCCCC/C=C\CCCCCCCC. The van der Waals surface area contributed by atoms with E-state index >= 15 is 0 Å². The monoisotopic (exact) mass is 939 g/mol. The largest absolute Gasteiger partial charge is 0.472 e. The number of quaternary nitrogens is 1. The molecule has 9 heteroatoms. The fraction of sp³-hybridized carbons (Fsp3) is 0.875. The number of esters is 1. The van der Waals surface area contributed by atoms with E-state index in [0.29, 0.717) is 24.1 Å². The Bertz CT molecular complexity index is 1140. The highest BCUT2D eigenvalue weighted by molar-refractivity contribution is 7.47. The predicted molar refractivity (Wildman–Crippen MR) is 280 cm³/mol. The molecule has 0 fully saturated rings. The van der Waals surface area contributed by atoms with E-state index in [1.165, 1.54) is 199 Å². The predicted octanol–water partition coefficient (Wildman–Crippen LogP) is 17.3. The second-order valence-electron chi connectivity index (χ2n) is 20.0. The number of phosphoric acid groups is 1. The summed E-state index contributed by atoms with van der Waals surface area (Å²) in [6, 6.07) is 0. The number of phosphoric ester groups is 1. The Morgan fingerprint density at radius 2 is 0.846 bits per heavy atom. The van der Waals surface area contributed by atoms with Gasteiger partial charge >= 0.3 is 13.8 Å². The highest BCUT2D eigenvalue weighted by atomic mass is 31.2. The standard InChI is InChI=1S/C56H108NO7P/c1-6-8-10-12-14-16-18-20-22-24-26-27-28-29-30-32-34-36-38-40-42-44-46-48-51-61-53-55(54-63-65(59,60)62-52-50-57(3,4)5)64-56(58)49-47-45-43-41-39-37-35-33-31-25-23-21-19-17-15-13-11-9-7-2/h18,20-21,23-24,26,55H,6-17,19,22,25,27-54H2,1-5H3/p+1/b20-18-,23-21-,26-24-.